The molecular formula is C17H19ClFN3O. The molecule has 0 saturated heterocycles. The lowest BCUT2D eigenvalue weighted by Gasteiger charge is -2.10. The van der Waals surface area contributed by atoms with E-state index in [-0.39, 0.29) is 10.6 Å². The van der Waals surface area contributed by atoms with Gasteiger partial charge in [-0.25, -0.2) is 9.37 Å². The lowest BCUT2D eigenvalue weighted by molar-refractivity contribution is 0.102. The van der Waals surface area contributed by atoms with Crippen LogP contribution in [0.25, 0.3) is 0 Å². The first-order valence-electron chi connectivity index (χ1n) is 7.42. The quantitative estimate of drug-likeness (QED) is 0.812. The van der Waals surface area contributed by atoms with Gasteiger partial charge >= 0.3 is 0 Å². The normalized spacial score (nSPS) is 10.7. The number of anilines is 2. The van der Waals surface area contributed by atoms with Crippen molar-refractivity contribution in [2.75, 3.05) is 17.2 Å². The van der Waals surface area contributed by atoms with Crippen LogP contribution in [-0.2, 0) is 0 Å². The van der Waals surface area contributed by atoms with E-state index in [1.165, 1.54) is 18.2 Å². The second-order valence-electron chi connectivity index (χ2n) is 5.59. The molecule has 4 nitrogen and oxygen atoms in total. The standard InChI is InChI=1S/C17H19ClFN3O/c1-11(2)8-9-20-12-6-7-15(21-10-12)22-17(23)16-13(18)4-3-5-14(16)19/h3-7,10-11,20H,8-9H2,1-2H3,(H,21,22,23). The highest BCUT2D eigenvalue weighted by molar-refractivity contribution is 6.34. The van der Waals surface area contributed by atoms with E-state index < -0.39 is 11.7 Å². The van der Waals surface area contributed by atoms with E-state index in [0.29, 0.717) is 11.7 Å². The third kappa shape index (κ3) is 4.93. The van der Waals surface area contributed by atoms with Gasteiger partial charge in [-0.3, -0.25) is 4.79 Å². The maximum atomic E-state index is 13.7. The second-order valence-corrected chi connectivity index (χ2v) is 6.00. The minimum atomic E-state index is -0.665. The summed E-state index contributed by atoms with van der Waals surface area (Å²) in [7, 11) is 0. The zero-order chi connectivity index (χ0) is 16.8. The van der Waals surface area contributed by atoms with Gasteiger partial charge in [0.25, 0.3) is 5.91 Å². The number of hydrogen-bond donors (Lipinski definition) is 2. The molecule has 2 aromatic rings. The lowest BCUT2D eigenvalue weighted by atomic mass is 10.1. The zero-order valence-electron chi connectivity index (χ0n) is 13.1. The molecule has 0 aliphatic rings. The highest BCUT2D eigenvalue weighted by atomic mass is 35.5. The fraction of sp³-hybridized carbons (Fsp3) is 0.294. The van der Waals surface area contributed by atoms with Crippen LogP contribution in [0.15, 0.2) is 36.5 Å². The Balaban J connectivity index is 1.99. The fourth-order valence-corrected chi connectivity index (χ4v) is 2.22. The van der Waals surface area contributed by atoms with Crippen molar-refractivity contribution in [1.82, 2.24) is 4.98 Å². The Bertz CT molecular complexity index is 654. The predicted molar refractivity (Wildman–Crippen MR) is 91.5 cm³/mol. The summed E-state index contributed by atoms with van der Waals surface area (Å²) in [6, 6.07) is 7.57. The molecule has 1 heterocycles. The first kappa shape index (κ1) is 17.2. The van der Waals surface area contributed by atoms with E-state index in [9.17, 15) is 9.18 Å². The van der Waals surface area contributed by atoms with Crippen LogP contribution in [-0.4, -0.2) is 17.4 Å². The Morgan fingerprint density at radius 2 is 2.09 bits per heavy atom. The molecule has 0 spiro atoms. The molecule has 1 aromatic heterocycles. The van der Waals surface area contributed by atoms with Gasteiger partial charge in [-0.05, 0) is 36.6 Å². The van der Waals surface area contributed by atoms with Crippen LogP contribution in [0, 0.1) is 11.7 Å². The third-order valence-corrected chi connectivity index (χ3v) is 3.56. The van der Waals surface area contributed by atoms with Gasteiger partial charge in [0.1, 0.15) is 11.6 Å². The summed E-state index contributed by atoms with van der Waals surface area (Å²) >= 11 is 5.87. The maximum Gasteiger partial charge on any atom is 0.261 e. The number of pyridine rings is 1. The minimum absolute atomic E-state index is 0.0643. The van der Waals surface area contributed by atoms with Crippen LogP contribution < -0.4 is 10.6 Å². The number of carbonyl (C=O) groups excluding carboxylic acids is 1. The van der Waals surface area contributed by atoms with Crippen LogP contribution in [0.1, 0.15) is 30.6 Å². The van der Waals surface area contributed by atoms with Gasteiger partial charge in [-0.1, -0.05) is 31.5 Å². The van der Waals surface area contributed by atoms with E-state index in [4.69, 9.17) is 11.6 Å². The van der Waals surface area contributed by atoms with Crippen LogP contribution in [0.5, 0.6) is 0 Å². The Hall–Kier alpha value is -2.14. The van der Waals surface area contributed by atoms with E-state index in [2.05, 4.69) is 29.5 Å². The molecule has 0 unspecified atom stereocenters. The maximum absolute atomic E-state index is 13.7. The Kier molecular flexibility index (Phi) is 5.93. The minimum Gasteiger partial charge on any atom is -0.384 e. The van der Waals surface area contributed by atoms with Crippen molar-refractivity contribution in [2.45, 2.75) is 20.3 Å². The average molecular weight is 336 g/mol. The van der Waals surface area contributed by atoms with E-state index in [1.54, 1.807) is 12.3 Å². The number of amides is 1. The summed E-state index contributed by atoms with van der Waals surface area (Å²) in [6.07, 6.45) is 2.68. The zero-order valence-corrected chi connectivity index (χ0v) is 13.8. The summed E-state index contributed by atoms with van der Waals surface area (Å²) in [5.74, 6) is -0.327. The Labute approximate surface area is 140 Å². The second kappa shape index (κ2) is 7.92. The molecule has 2 N–H and O–H groups in total. The number of nitrogens with zero attached hydrogens (tertiary/aromatic N) is 1. The van der Waals surface area contributed by atoms with E-state index in [1.807, 2.05) is 6.07 Å². The highest BCUT2D eigenvalue weighted by Gasteiger charge is 2.16. The van der Waals surface area contributed by atoms with Crippen LogP contribution in [0.2, 0.25) is 5.02 Å². The van der Waals surface area contributed by atoms with Crippen molar-refractivity contribution in [3.05, 3.63) is 52.9 Å². The van der Waals surface area contributed by atoms with Crippen molar-refractivity contribution in [3.63, 3.8) is 0 Å². The van der Waals surface area contributed by atoms with Crippen LogP contribution >= 0.6 is 11.6 Å². The summed E-state index contributed by atoms with van der Waals surface area (Å²) < 4.78 is 13.7. The molecule has 0 radical (unpaired) electrons. The Morgan fingerprint density at radius 1 is 1.30 bits per heavy atom. The van der Waals surface area contributed by atoms with Crippen LogP contribution in [0.3, 0.4) is 0 Å². The van der Waals surface area contributed by atoms with Crippen LogP contribution in [0.4, 0.5) is 15.9 Å². The number of nitrogens with one attached hydrogen (secondary N) is 2. The molecule has 0 aliphatic carbocycles. The molecule has 0 saturated carbocycles. The van der Waals surface area contributed by atoms with Crippen molar-refractivity contribution in [1.29, 1.82) is 0 Å². The van der Waals surface area contributed by atoms with Gasteiger partial charge in [0.2, 0.25) is 0 Å². The average Bonchev–Trinajstić information content (AvgIpc) is 2.48. The monoisotopic (exact) mass is 335 g/mol. The molecule has 6 heteroatoms. The van der Waals surface area contributed by atoms with Gasteiger partial charge in [0, 0.05) is 6.54 Å². The van der Waals surface area contributed by atoms with Gasteiger partial charge in [-0.15, -0.1) is 0 Å². The molecule has 23 heavy (non-hydrogen) atoms. The number of aromatic nitrogens is 1. The van der Waals surface area contributed by atoms with Gasteiger partial charge in [0.05, 0.1) is 22.5 Å². The van der Waals surface area contributed by atoms with Crippen molar-refractivity contribution in [3.8, 4) is 0 Å². The largest absolute Gasteiger partial charge is 0.384 e. The molecular weight excluding hydrogens is 317 g/mol. The number of carbonyl (C=O) groups is 1. The molecule has 1 amide bonds. The first-order chi connectivity index (χ1) is 11.0. The number of halogens is 2. The molecule has 122 valence electrons. The highest BCUT2D eigenvalue weighted by Crippen LogP contribution is 2.20. The summed E-state index contributed by atoms with van der Waals surface area (Å²) in [5.41, 5.74) is 0.683. The first-order valence-corrected chi connectivity index (χ1v) is 7.80. The molecule has 2 rings (SSSR count). The fourth-order valence-electron chi connectivity index (χ4n) is 1.97. The van der Waals surface area contributed by atoms with Gasteiger partial charge in [0.15, 0.2) is 0 Å². The Morgan fingerprint density at radius 3 is 2.70 bits per heavy atom. The van der Waals surface area contributed by atoms with Crippen molar-refractivity contribution < 1.29 is 9.18 Å². The summed E-state index contributed by atoms with van der Waals surface area (Å²) in [4.78, 5) is 16.2. The van der Waals surface area contributed by atoms with Gasteiger partial charge < -0.3 is 10.6 Å². The smallest absolute Gasteiger partial charge is 0.261 e. The van der Waals surface area contributed by atoms with Crippen molar-refractivity contribution >= 4 is 29.0 Å². The van der Waals surface area contributed by atoms with Crippen molar-refractivity contribution in [2.24, 2.45) is 5.92 Å². The molecule has 0 atom stereocenters. The molecule has 0 fully saturated rings. The SMILES string of the molecule is CC(C)CCNc1ccc(NC(=O)c2c(F)cccc2Cl)nc1. The lowest BCUT2D eigenvalue weighted by Crippen LogP contribution is -2.15. The van der Waals surface area contributed by atoms with E-state index in [0.717, 1.165) is 18.7 Å². The molecule has 0 aliphatic heterocycles. The summed E-state index contributed by atoms with van der Waals surface area (Å²) in [5, 5.41) is 5.85. The van der Waals surface area contributed by atoms with Gasteiger partial charge in [-0.2, -0.15) is 0 Å². The number of hydrogen-bond acceptors (Lipinski definition) is 3. The number of benzene rings is 1. The summed E-state index contributed by atoms with van der Waals surface area (Å²) in [6.45, 7) is 5.18. The number of rotatable bonds is 6. The molecule has 0 bridgehead atoms. The van der Waals surface area contributed by atoms with E-state index >= 15 is 0 Å². The predicted octanol–water partition coefficient (Wildman–Crippen LogP) is 4.58. The molecule has 1 aromatic carbocycles. The third-order valence-electron chi connectivity index (χ3n) is 3.25. The topological polar surface area (TPSA) is 54.0 Å².